The van der Waals surface area contributed by atoms with E-state index in [4.69, 9.17) is 22.7 Å². The molecule has 0 saturated carbocycles. The van der Waals surface area contributed by atoms with Gasteiger partial charge in [-0.05, 0) is 53.6 Å². The maximum Gasteiger partial charge on any atom is 0.237 e. The zero-order valence-electron chi connectivity index (χ0n) is 10.6. The van der Waals surface area contributed by atoms with Gasteiger partial charge in [0.1, 0.15) is 11.2 Å². The summed E-state index contributed by atoms with van der Waals surface area (Å²) in [6.07, 6.45) is 0.928. The van der Waals surface area contributed by atoms with Gasteiger partial charge in [-0.1, -0.05) is 12.2 Å². The largest absolute Gasteiger partial charge is 0.392 e. The highest BCUT2D eigenvalue weighted by Crippen LogP contribution is 2.33. The number of benzene rings is 1. The van der Waals surface area contributed by atoms with Crippen LogP contribution in [-0.4, -0.2) is 24.1 Å². The van der Waals surface area contributed by atoms with Crippen LogP contribution in [0.15, 0.2) is 18.2 Å². The van der Waals surface area contributed by atoms with Crippen LogP contribution in [0.5, 0.6) is 0 Å². The fourth-order valence-corrected chi connectivity index (χ4v) is 3.05. The van der Waals surface area contributed by atoms with E-state index in [1.54, 1.807) is 0 Å². The Kier molecular flexibility index (Phi) is 4.92. The molecule has 0 aliphatic carbocycles. The van der Waals surface area contributed by atoms with Crippen LogP contribution in [0.25, 0.3) is 0 Å². The molecular formula is C13H14FIN2O2S. The minimum Gasteiger partial charge on any atom is -0.392 e. The van der Waals surface area contributed by atoms with E-state index in [1.807, 2.05) is 22.6 Å². The molecule has 1 aliphatic rings. The number of ether oxygens (including phenoxy) is 1. The van der Waals surface area contributed by atoms with Gasteiger partial charge < -0.3 is 15.8 Å². The number of carbonyl (C=O) groups excluding carboxylic acids is 1. The number of nitrogens with two attached hydrogens (primary N) is 1. The third-order valence-corrected chi connectivity index (χ3v) is 4.72. The fraction of sp³-hybridized carbons (Fsp3) is 0.385. The van der Waals surface area contributed by atoms with Crippen molar-refractivity contribution in [2.45, 2.75) is 12.8 Å². The predicted octanol–water partition coefficient (Wildman–Crippen LogP) is 2.45. The normalized spacial score (nSPS) is 17.5. The Morgan fingerprint density at radius 3 is 2.65 bits per heavy atom. The number of carbonyl (C=O) groups is 1. The SMILES string of the molecule is NC(=S)C1(C(=O)Nc2ccc(F)cc2I)CCOCC1. The summed E-state index contributed by atoms with van der Waals surface area (Å²) in [6, 6.07) is 4.18. The molecule has 0 unspecified atom stereocenters. The number of anilines is 1. The van der Waals surface area contributed by atoms with Crippen molar-refractivity contribution in [2.24, 2.45) is 11.1 Å². The Bertz CT molecular complexity index is 547. The monoisotopic (exact) mass is 408 g/mol. The summed E-state index contributed by atoms with van der Waals surface area (Å²) in [5.74, 6) is -0.597. The van der Waals surface area contributed by atoms with Crippen molar-refractivity contribution in [3.05, 3.63) is 27.6 Å². The molecule has 7 heteroatoms. The summed E-state index contributed by atoms with van der Waals surface area (Å²) in [4.78, 5) is 12.7. The number of thiocarbonyl (C=S) groups is 1. The van der Waals surface area contributed by atoms with Gasteiger partial charge in [0.25, 0.3) is 0 Å². The van der Waals surface area contributed by atoms with Crippen LogP contribution in [0, 0.1) is 14.8 Å². The van der Waals surface area contributed by atoms with Crippen molar-refractivity contribution in [3.63, 3.8) is 0 Å². The molecule has 1 amide bonds. The summed E-state index contributed by atoms with van der Waals surface area (Å²) in [5, 5.41) is 2.79. The van der Waals surface area contributed by atoms with E-state index in [9.17, 15) is 9.18 Å². The molecule has 3 N–H and O–H groups in total. The quantitative estimate of drug-likeness (QED) is 0.596. The molecule has 20 heavy (non-hydrogen) atoms. The van der Waals surface area contributed by atoms with Crippen LogP contribution in [0.3, 0.4) is 0 Å². The Balaban J connectivity index is 2.22. The molecule has 0 aromatic heterocycles. The number of amides is 1. The molecule has 0 atom stereocenters. The Labute approximate surface area is 135 Å². The molecule has 1 heterocycles. The van der Waals surface area contributed by atoms with E-state index in [1.165, 1.54) is 18.2 Å². The zero-order chi connectivity index (χ0) is 14.8. The van der Waals surface area contributed by atoms with Gasteiger partial charge in [-0.25, -0.2) is 4.39 Å². The topological polar surface area (TPSA) is 64.4 Å². The number of hydrogen-bond donors (Lipinski definition) is 2. The molecule has 1 fully saturated rings. The van der Waals surface area contributed by atoms with Gasteiger partial charge in [-0.2, -0.15) is 0 Å². The van der Waals surface area contributed by atoms with Crippen LogP contribution in [0.4, 0.5) is 10.1 Å². The zero-order valence-corrected chi connectivity index (χ0v) is 13.6. The molecule has 1 aromatic carbocycles. The molecule has 1 aliphatic heterocycles. The predicted molar refractivity (Wildman–Crippen MR) is 87.0 cm³/mol. The Morgan fingerprint density at radius 2 is 2.10 bits per heavy atom. The second kappa shape index (κ2) is 6.31. The lowest BCUT2D eigenvalue weighted by Gasteiger charge is -2.34. The highest BCUT2D eigenvalue weighted by Gasteiger charge is 2.43. The number of hydrogen-bond acceptors (Lipinski definition) is 3. The molecule has 4 nitrogen and oxygen atoms in total. The van der Waals surface area contributed by atoms with Gasteiger partial charge in [0.05, 0.1) is 10.7 Å². The van der Waals surface area contributed by atoms with E-state index >= 15 is 0 Å². The second-order valence-corrected chi connectivity index (χ2v) is 6.24. The summed E-state index contributed by atoms with van der Waals surface area (Å²) >= 11 is 7.04. The van der Waals surface area contributed by atoms with Crippen LogP contribution in [0.1, 0.15) is 12.8 Å². The molecular weight excluding hydrogens is 394 g/mol. The van der Waals surface area contributed by atoms with E-state index in [-0.39, 0.29) is 16.7 Å². The van der Waals surface area contributed by atoms with Gasteiger partial charge in [0, 0.05) is 16.8 Å². The lowest BCUT2D eigenvalue weighted by Crippen LogP contribution is -2.49. The lowest BCUT2D eigenvalue weighted by molar-refractivity contribution is -0.126. The van der Waals surface area contributed by atoms with Gasteiger partial charge in [0.15, 0.2) is 0 Å². The second-order valence-electron chi connectivity index (χ2n) is 4.64. The van der Waals surface area contributed by atoms with Crippen LogP contribution < -0.4 is 11.1 Å². The third-order valence-electron chi connectivity index (χ3n) is 3.43. The smallest absolute Gasteiger partial charge is 0.237 e. The van der Waals surface area contributed by atoms with Gasteiger partial charge >= 0.3 is 0 Å². The van der Waals surface area contributed by atoms with Gasteiger partial charge in [0.2, 0.25) is 5.91 Å². The van der Waals surface area contributed by atoms with Crippen LogP contribution in [0.2, 0.25) is 0 Å². The minimum absolute atomic E-state index is 0.176. The molecule has 0 radical (unpaired) electrons. The first kappa shape index (κ1) is 15.6. The Hall–Kier alpha value is -0.800. The van der Waals surface area contributed by atoms with Crippen LogP contribution in [-0.2, 0) is 9.53 Å². The van der Waals surface area contributed by atoms with Crippen molar-refractivity contribution in [1.29, 1.82) is 0 Å². The third kappa shape index (κ3) is 3.09. The van der Waals surface area contributed by atoms with E-state index < -0.39 is 5.41 Å². The maximum atomic E-state index is 13.1. The first-order valence-electron chi connectivity index (χ1n) is 6.10. The summed E-state index contributed by atoms with van der Waals surface area (Å²) < 4.78 is 19.0. The molecule has 0 bridgehead atoms. The minimum atomic E-state index is -0.884. The van der Waals surface area contributed by atoms with Crippen LogP contribution >= 0.6 is 34.8 Å². The van der Waals surface area contributed by atoms with E-state index in [2.05, 4.69) is 5.32 Å². The summed E-state index contributed by atoms with van der Waals surface area (Å²) in [5.41, 5.74) is 5.44. The summed E-state index contributed by atoms with van der Waals surface area (Å²) in [7, 11) is 0. The maximum absolute atomic E-state index is 13.1. The van der Waals surface area contributed by atoms with Gasteiger partial charge in [-0.15, -0.1) is 0 Å². The van der Waals surface area contributed by atoms with E-state index in [0.29, 0.717) is 35.3 Å². The number of rotatable bonds is 3. The molecule has 2 rings (SSSR count). The van der Waals surface area contributed by atoms with E-state index in [0.717, 1.165) is 0 Å². The molecule has 0 spiro atoms. The molecule has 108 valence electrons. The molecule has 1 saturated heterocycles. The lowest BCUT2D eigenvalue weighted by atomic mass is 9.79. The Morgan fingerprint density at radius 1 is 1.45 bits per heavy atom. The number of halogens is 2. The molecule has 1 aromatic rings. The fourth-order valence-electron chi connectivity index (χ4n) is 2.14. The van der Waals surface area contributed by atoms with Gasteiger partial charge in [-0.3, -0.25) is 4.79 Å². The highest BCUT2D eigenvalue weighted by atomic mass is 127. The average Bonchev–Trinajstić information content (AvgIpc) is 2.42. The van der Waals surface area contributed by atoms with Crippen molar-refractivity contribution in [3.8, 4) is 0 Å². The average molecular weight is 408 g/mol. The summed E-state index contributed by atoms with van der Waals surface area (Å²) in [6.45, 7) is 0.899. The van der Waals surface area contributed by atoms with Crippen molar-refractivity contribution in [1.82, 2.24) is 0 Å². The first-order valence-corrected chi connectivity index (χ1v) is 7.58. The van der Waals surface area contributed by atoms with Crippen molar-refractivity contribution >= 4 is 51.4 Å². The number of nitrogens with one attached hydrogen (secondary N) is 1. The van der Waals surface area contributed by atoms with Crippen molar-refractivity contribution in [2.75, 3.05) is 18.5 Å². The highest BCUT2D eigenvalue weighted by molar-refractivity contribution is 14.1. The first-order chi connectivity index (χ1) is 9.45. The van der Waals surface area contributed by atoms with Crippen molar-refractivity contribution < 1.29 is 13.9 Å². The standard InChI is InChI=1S/C13H14FIN2O2S/c14-8-1-2-10(9(15)7-8)17-12(18)13(11(16)20)3-5-19-6-4-13/h1-2,7H,3-6H2,(H2,16,20)(H,17,18).